The van der Waals surface area contributed by atoms with Crippen molar-refractivity contribution in [1.82, 2.24) is 14.9 Å². The van der Waals surface area contributed by atoms with E-state index in [9.17, 15) is 0 Å². The van der Waals surface area contributed by atoms with Gasteiger partial charge >= 0.3 is 5.84 Å². The molecule has 0 spiro atoms. The molecule has 11 aromatic rings. The van der Waals surface area contributed by atoms with Crippen LogP contribution in [0.4, 0.5) is 0 Å². The lowest BCUT2D eigenvalue weighted by molar-refractivity contribution is -0.457. The molecule has 0 saturated carbocycles. The molecule has 2 atom stereocenters. The van der Waals surface area contributed by atoms with Crippen LogP contribution in [0.1, 0.15) is 29.0 Å². The first-order chi connectivity index (χ1) is 28.3. The number of nitrogens with one attached hydrogen (secondary N) is 1. The van der Waals surface area contributed by atoms with Crippen LogP contribution in [-0.2, 0) is 0 Å². The molecule has 2 aliphatic rings. The van der Waals surface area contributed by atoms with Gasteiger partial charge in [0.1, 0.15) is 22.3 Å². The van der Waals surface area contributed by atoms with E-state index in [1.54, 1.807) is 0 Å². The SMILES string of the molecule is c1ccc(C2NC(c3cccc4c3oc3cc(-c5cccc6oc7cc(-n8c9ccccc9c9ccccc98)ccc7c56)ccc34)=[N+]3C(c4ccccc4)N23)cc1. The Labute approximate surface area is 326 Å². The highest BCUT2D eigenvalue weighted by Crippen LogP contribution is 2.48. The Hall–Kier alpha value is -7.57. The normalized spacial score (nSPS) is 16.5. The van der Waals surface area contributed by atoms with Crippen molar-refractivity contribution >= 4 is 71.5 Å². The van der Waals surface area contributed by atoms with Gasteiger partial charge in [0.25, 0.3) is 6.17 Å². The zero-order valence-corrected chi connectivity index (χ0v) is 30.6. The molecule has 13 rings (SSSR count). The zero-order valence-electron chi connectivity index (χ0n) is 30.6. The molecule has 0 bridgehead atoms. The highest BCUT2D eigenvalue weighted by Gasteiger charge is 2.62. The van der Waals surface area contributed by atoms with Crippen molar-refractivity contribution in [2.24, 2.45) is 0 Å². The Morgan fingerprint density at radius 1 is 0.474 bits per heavy atom. The van der Waals surface area contributed by atoms with Crippen molar-refractivity contribution in [3.8, 4) is 16.8 Å². The number of fused-ring (bicyclic) bond motifs is 10. The van der Waals surface area contributed by atoms with Crippen LogP contribution < -0.4 is 5.32 Å². The van der Waals surface area contributed by atoms with Crippen molar-refractivity contribution in [3.05, 3.63) is 199 Å². The van der Waals surface area contributed by atoms with Crippen molar-refractivity contribution in [2.75, 3.05) is 0 Å². The third kappa shape index (κ3) is 4.38. The van der Waals surface area contributed by atoms with Crippen LogP contribution in [0.5, 0.6) is 0 Å². The molecular formula is C51H33N4O2+. The second-order valence-corrected chi connectivity index (χ2v) is 15.1. The minimum Gasteiger partial charge on any atom is -0.456 e. The van der Waals surface area contributed by atoms with E-state index >= 15 is 0 Å². The summed E-state index contributed by atoms with van der Waals surface area (Å²) in [7, 11) is 0. The highest BCUT2D eigenvalue weighted by molar-refractivity contribution is 6.16. The van der Waals surface area contributed by atoms with Gasteiger partial charge in [-0.3, -0.25) is 0 Å². The van der Waals surface area contributed by atoms with Crippen LogP contribution in [-0.4, -0.2) is 20.1 Å². The molecule has 1 N–H and O–H groups in total. The standard InChI is InChI=1S/C51H32N4O2/c1-3-13-31(14-4-1)49-52-50(55-51(54(49)55)32-15-5-2-6-16-32)41-21-11-20-39-38-27-25-33(29-45(38)57-48(39)41)35-19-12-24-44-47(35)40-28-26-34(30-46(40)56-44)53-42-22-9-7-17-36(42)37-18-8-10-23-43(37)53/h1-30,49,51H/p+1. The van der Waals surface area contributed by atoms with Gasteiger partial charge in [-0.05, 0) is 59.7 Å². The summed E-state index contributed by atoms with van der Waals surface area (Å²) in [6.07, 6.45) is 0.156. The summed E-state index contributed by atoms with van der Waals surface area (Å²) < 4.78 is 18.2. The molecule has 3 aromatic heterocycles. The topological polar surface area (TPSA) is 49.3 Å². The van der Waals surface area contributed by atoms with Crippen LogP contribution in [0.3, 0.4) is 0 Å². The molecule has 6 heteroatoms. The maximum absolute atomic E-state index is 6.88. The number of furan rings is 2. The Morgan fingerprint density at radius 3 is 1.91 bits per heavy atom. The van der Waals surface area contributed by atoms with Gasteiger partial charge in [0, 0.05) is 55.2 Å². The quantitative estimate of drug-likeness (QED) is 0.141. The summed E-state index contributed by atoms with van der Waals surface area (Å²) in [5.74, 6) is 1.05. The second kappa shape index (κ2) is 11.5. The van der Waals surface area contributed by atoms with Crippen molar-refractivity contribution in [3.63, 3.8) is 0 Å². The predicted molar refractivity (Wildman–Crippen MR) is 228 cm³/mol. The molecule has 0 radical (unpaired) electrons. The van der Waals surface area contributed by atoms with Crippen molar-refractivity contribution < 1.29 is 13.5 Å². The molecule has 6 nitrogen and oxygen atoms in total. The van der Waals surface area contributed by atoms with E-state index in [1.807, 2.05) is 0 Å². The molecule has 268 valence electrons. The molecule has 1 saturated heterocycles. The van der Waals surface area contributed by atoms with E-state index in [4.69, 9.17) is 8.83 Å². The smallest absolute Gasteiger partial charge is 0.309 e. The van der Waals surface area contributed by atoms with Crippen LogP contribution >= 0.6 is 0 Å². The first kappa shape index (κ1) is 30.7. The fourth-order valence-electron chi connectivity index (χ4n) is 9.49. The molecule has 1 fully saturated rings. The molecule has 0 amide bonds. The summed E-state index contributed by atoms with van der Waals surface area (Å²) in [5.41, 5.74) is 12.6. The van der Waals surface area contributed by atoms with Gasteiger partial charge in [0.15, 0.2) is 5.58 Å². The molecule has 5 heterocycles. The van der Waals surface area contributed by atoms with Gasteiger partial charge in [0.2, 0.25) is 6.17 Å². The number of hydrogen-bond donors (Lipinski definition) is 1. The van der Waals surface area contributed by atoms with E-state index in [0.717, 1.165) is 72.1 Å². The number of hydrazone groups is 1. The Morgan fingerprint density at radius 2 is 1.12 bits per heavy atom. The number of amidine groups is 1. The van der Waals surface area contributed by atoms with Crippen LogP contribution in [0.25, 0.3) is 82.5 Å². The lowest BCUT2D eigenvalue weighted by Gasteiger charge is -2.11. The number of hydrazine groups is 1. The number of rotatable bonds is 5. The zero-order chi connectivity index (χ0) is 37.2. The summed E-state index contributed by atoms with van der Waals surface area (Å²) in [6.45, 7) is 0. The number of benzene rings is 8. The number of para-hydroxylation sites is 3. The number of hydrogen-bond acceptors (Lipinski definition) is 4. The Kier molecular flexibility index (Phi) is 6.19. The largest absolute Gasteiger partial charge is 0.456 e. The maximum atomic E-state index is 6.88. The monoisotopic (exact) mass is 733 g/mol. The summed E-state index contributed by atoms with van der Waals surface area (Å²) in [6, 6.07) is 64.6. The highest BCUT2D eigenvalue weighted by atomic mass is 16.3. The van der Waals surface area contributed by atoms with Crippen molar-refractivity contribution in [1.29, 1.82) is 0 Å². The van der Waals surface area contributed by atoms with Gasteiger partial charge in [-0.1, -0.05) is 127 Å². The number of nitrogens with zero attached hydrogens (tertiary/aromatic N) is 3. The fraction of sp³-hybridized carbons (Fsp3) is 0.0392. The lowest BCUT2D eigenvalue weighted by Crippen LogP contribution is -2.30. The third-order valence-corrected chi connectivity index (χ3v) is 12.0. The average molecular weight is 734 g/mol. The van der Waals surface area contributed by atoms with Crippen LogP contribution in [0, 0.1) is 0 Å². The van der Waals surface area contributed by atoms with E-state index in [1.165, 1.54) is 32.9 Å². The summed E-state index contributed by atoms with van der Waals surface area (Å²) in [4.78, 5) is 0. The molecular weight excluding hydrogens is 701 g/mol. The molecule has 8 aromatic carbocycles. The minimum atomic E-state index is 0.0148. The van der Waals surface area contributed by atoms with Gasteiger partial charge in [-0.25, -0.2) is 5.32 Å². The summed E-state index contributed by atoms with van der Waals surface area (Å²) in [5, 5.41) is 13.1. The minimum absolute atomic E-state index is 0.0148. The first-order valence-electron chi connectivity index (χ1n) is 19.5. The van der Waals surface area contributed by atoms with Gasteiger partial charge in [0.05, 0.1) is 11.0 Å². The first-order valence-corrected chi connectivity index (χ1v) is 19.5. The van der Waals surface area contributed by atoms with Crippen LogP contribution in [0.15, 0.2) is 191 Å². The van der Waals surface area contributed by atoms with E-state index < -0.39 is 0 Å². The maximum Gasteiger partial charge on any atom is 0.309 e. The molecule has 2 unspecified atom stereocenters. The van der Waals surface area contributed by atoms with Crippen molar-refractivity contribution in [2.45, 2.75) is 12.3 Å². The third-order valence-electron chi connectivity index (χ3n) is 12.0. The fourth-order valence-corrected chi connectivity index (χ4v) is 9.49. The Bertz CT molecular complexity index is 3410. The van der Waals surface area contributed by atoms with Gasteiger partial charge in [-0.2, -0.15) is 0 Å². The van der Waals surface area contributed by atoms with E-state index in [0.29, 0.717) is 0 Å². The summed E-state index contributed by atoms with van der Waals surface area (Å²) >= 11 is 0. The van der Waals surface area contributed by atoms with Gasteiger partial charge < -0.3 is 13.4 Å². The lowest BCUT2D eigenvalue weighted by atomic mass is 9.98. The Balaban J connectivity index is 0.929. The van der Waals surface area contributed by atoms with E-state index in [2.05, 4.69) is 202 Å². The molecule has 2 aliphatic heterocycles. The van der Waals surface area contributed by atoms with Gasteiger partial charge in [-0.15, -0.1) is 9.69 Å². The molecule has 0 aliphatic carbocycles. The van der Waals surface area contributed by atoms with E-state index in [-0.39, 0.29) is 12.3 Å². The number of aromatic nitrogens is 1. The second-order valence-electron chi connectivity index (χ2n) is 15.1. The van der Waals surface area contributed by atoms with Crippen LogP contribution in [0.2, 0.25) is 0 Å². The predicted octanol–water partition coefficient (Wildman–Crippen LogP) is 12.2. The average Bonchev–Trinajstić information content (AvgIpc) is 3.58. The molecule has 57 heavy (non-hydrogen) atoms.